The Morgan fingerprint density at radius 3 is 0.655 bits per heavy atom. The molecule has 0 aliphatic heterocycles. The van der Waals surface area contributed by atoms with Gasteiger partial charge in [0.15, 0.2) is 0 Å². The Morgan fingerprint density at radius 2 is 0.483 bits per heavy atom. The molecule has 4 aromatic rings. The average Bonchev–Trinajstić information content (AvgIpc) is 2.73. The number of aryl methyl sites for hydroxylation is 4. The van der Waals surface area contributed by atoms with Gasteiger partial charge < -0.3 is 0 Å². The van der Waals surface area contributed by atoms with E-state index in [0.717, 1.165) is 0 Å². The monoisotopic (exact) mass is 484 g/mol. The van der Waals surface area contributed by atoms with Crippen molar-refractivity contribution in [3.63, 3.8) is 0 Å². The molecular weight excluding hydrogens is 455 g/mol. The number of benzene rings is 4. The number of rotatable bonds is 4. The Balaban J connectivity index is 2.11. The summed E-state index contributed by atoms with van der Waals surface area (Å²) in [4.78, 5) is 0. The van der Waals surface area contributed by atoms with Gasteiger partial charge in [-0.05, 0) is 0 Å². The van der Waals surface area contributed by atoms with E-state index in [0.29, 0.717) is 0 Å². The summed E-state index contributed by atoms with van der Waals surface area (Å²) in [5.74, 6) is 0. The van der Waals surface area contributed by atoms with Gasteiger partial charge in [0.05, 0.1) is 0 Å². The topological polar surface area (TPSA) is 0 Å². The molecule has 0 radical (unpaired) electrons. The molecule has 0 aliphatic rings. The van der Waals surface area contributed by atoms with Crippen molar-refractivity contribution in [2.75, 3.05) is 0 Å². The van der Waals surface area contributed by atoms with Crippen LogP contribution in [0.15, 0.2) is 97.1 Å². The Kier molecular flexibility index (Phi) is 5.65. The van der Waals surface area contributed by atoms with Crippen LogP contribution in [0.4, 0.5) is 0 Å². The summed E-state index contributed by atoms with van der Waals surface area (Å²) in [5, 5.41) is 0. The van der Waals surface area contributed by atoms with Gasteiger partial charge in [-0.2, -0.15) is 0 Å². The summed E-state index contributed by atoms with van der Waals surface area (Å²) in [6.45, 7) is 8.68. The van der Waals surface area contributed by atoms with Crippen molar-refractivity contribution in [1.82, 2.24) is 0 Å². The van der Waals surface area contributed by atoms with Crippen LogP contribution in [0, 0.1) is 27.7 Å². The molecule has 0 fully saturated rings. The van der Waals surface area contributed by atoms with E-state index in [9.17, 15) is 0 Å². The minimum absolute atomic E-state index is 1.31. The first-order chi connectivity index (χ1) is 14.0. The van der Waals surface area contributed by atoms with Crippen molar-refractivity contribution < 1.29 is 0 Å². The zero-order valence-corrected chi connectivity index (χ0v) is 20.6. The van der Waals surface area contributed by atoms with E-state index in [1.807, 2.05) is 0 Å². The molecule has 0 spiro atoms. The van der Waals surface area contributed by atoms with E-state index < -0.39 is 18.4 Å². The Morgan fingerprint density at radius 1 is 0.310 bits per heavy atom. The molecule has 0 nitrogen and oxygen atoms in total. The van der Waals surface area contributed by atoms with Crippen molar-refractivity contribution in [2.45, 2.75) is 27.7 Å². The van der Waals surface area contributed by atoms with E-state index in [1.165, 1.54) is 36.6 Å². The molecule has 29 heavy (non-hydrogen) atoms. The van der Waals surface area contributed by atoms with Crippen molar-refractivity contribution >= 4 is 32.7 Å². The predicted molar refractivity (Wildman–Crippen MR) is 129 cm³/mol. The Bertz CT molecular complexity index is 900. The fourth-order valence-electron chi connectivity index (χ4n) is 4.21. The quantitative estimate of drug-likeness (QED) is 0.380. The second kappa shape index (κ2) is 8.20. The minimum atomic E-state index is -3.43. The van der Waals surface area contributed by atoms with Crippen LogP contribution in [0.25, 0.3) is 0 Å². The maximum atomic E-state index is 2.38. The van der Waals surface area contributed by atoms with Crippen LogP contribution in [0.1, 0.15) is 22.3 Å². The van der Waals surface area contributed by atoms with Gasteiger partial charge in [-0.1, -0.05) is 0 Å². The van der Waals surface area contributed by atoms with Gasteiger partial charge in [0.25, 0.3) is 0 Å². The molecule has 0 aromatic heterocycles. The molecule has 144 valence electrons. The maximum absolute atomic E-state index is 3.43. The molecule has 0 heterocycles. The summed E-state index contributed by atoms with van der Waals surface area (Å²) in [6, 6.07) is 37.2. The van der Waals surface area contributed by atoms with Crippen LogP contribution in [-0.2, 0) is 0 Å². The SMILES string of the molecule is Cc1cc[c]([Sn]([c]2ccc(C)cc2)([c]2ccc(C)cc2)[c]2ccc(C)cc2)cc1. The molecule has 0 N–H and O–H groups in total. The summed E-state index contributed by atoms with van der Waals surface area (Å²) < 4.78 is 6.01. The summed E-state index contributed by atoms with van der Waals surface area (Å²) in [5.41, 5.74) is 5.24. The Labute approximate surface area is 179 Å². The van der Waals surface area contributed by atoms with Gasteiger partial charge in [-0.15, -0.1) is 0 Å². The fraction of sp³-hybridized carbons (Fsp3) is 0.143. The Hall–Kier alpha value is -2.32. The molecule has 0 aliphatic carbocycles. The van der Waals surface area contributed by atoms with Crippen molar-refractivity contribution in [3.05, 3.63) is 119 Å². The van der Waals surface area contributed by atoms with Crippen molar-refractivity contribution in [3.8, 4) is 0 Å². The van der Waals surface area contributed by atoms with Crippen LogP contribution in [-0.4, -0.2) is 18.4 Å². The fourth-order valence-corrected chi connectivity index (χ4v) is 17.5. The molecule has 0 atom stereocenters. The van der Waals surface area contributed by atoms with E-state index in [4.69, 9.17) is 0 Å². The van der Waals surface area contributed by atoms with Gasteiger partial charge in [0.2, 0.25) is 0 Å². The molecule has 0 unspecified atom stereocenters. The first kappa shape index (κ1) is 20.0. The van der Waals surface area contributed by atoms with Crippen LogP contribution < -0.4 is 14.3 Å². The molecule has 0 saturated heterocycles. The van der Waals surface area contributed by atoms with Crippen molar-refractivity contribution in [2.24, 2.45) is 0 Å². The van der Waals surface area contributed by atoms with Crippen LogP contribution in [0.3, 0.4) is 0 Å². The third kappa shape index (κ3) is 3.78. The summed E-state index contributed by atoms with van der Waals surface area (Å²) >= 11 is -3.43. The third-order valence-electron chi connectivity index (χ3n) is 5.94. The first-order valence-electron chi connectivity index (χ1n) is 10.3. The first-order valence-corrected chi connectivity index (χ1v) is 16.0. The number of hydrogen-bond acceptors (Lipinski definition) is 0. The second-order valence-corrected chi connectivity index (χ2v) is 19.1. The molecule has 0 amide bonds. The zero-order chi connectivity index (χ0) is 20.4. The molecule has 4 aromatic carbocycles. The van der Waals surface area contributed by atoms with Gasteiger partial charge in [0, 0.05) is 0 Å². The second-order valence-electron chi connectivity index (χ2n) is 8.21. The van der Waals surface area contributed by atoms with Gasteiger partial charge in [-0.25, -0.2) is 0 Å². The third-order valence-corrected chi connectivity index (χ3v) is 19.6. The molecular formula is C28H28Sn. The van der Waals surface area contributed by atoms with Crippen LogP contribution >= 0.6 is 0 Å². The number of hydrogen-bond donors (Lipinski definition) is 0. The normalized spacial score (nSPS) is 11.4. The summed E-state index contributed by atoms with van der Waals surface area (Å²) in [6.07, 6.45) is 0. The van der Waals surface area contributed by atoms with E-state index >= 15 is 0 Å². The molecule has 0 saturated carbocycles. The summed E-state index contributed by atoms with van der Waals surface area (Å²) in [7, 11) is 0. The standard InChI is InChI=1S/4C7H7.Sn/c4*1-7-5-3-2-4-6-7;/h4*3-6H,1H3;. The molecule has 4 rings (SSSR count). The van der Waals surface area contributed by atoms with Gasteiger partial charge in [-0.3, -0.25) is 0 Å². The zero-order valence-electron chi connectivity index (χ0n) is 17.7. The van der Waals surface area contributed by atoms with Crippen LogP contribution in [0.2, 0.25) is 0 Å². The van der Waals surface area contributed by atoms with Crippen LogP contribution in [0.5, 0.6) is 0 Å². The predicted octanol–water partition coefficient (Wildman–Crippen LogP) is 4.30. The van der Waals surface area contributed by atoms with E-state index in [-0.39, 0.29) is 0 Å². The molecule has 0 bridgehead atoms. The molecule has 1 heteroatoms. The van der Waals surface area contributed by atoms with Gasteiger partial charge in [0.1, 0.15) is 0 Å². The van der Waals surface area contributed by atoms with Crippen molar-refractivity contribution in [1.29, 1.82) is 0 Å². The van der Waals surface area contributed by atoms with E-state index in [2.05, 4.69) is 125 Å². The average molecular weight is 483 g/mol. The van der Waals surface area contributed by atoms with Gasteiger partial charge >= 0.3 is 180 Å². The van der Waals surface area contributed by atoms with E-state index in [1.54, 1.807) is 0 Å².